The minimum Gasteiger partial charge on any atom is -0.457 e. The van der Waals surface area contributed by atoms with E-state index >= 15 is 0 Å². The van der Waals surface area contributed by atoms with Crippen molar-refractivity contribution in [1.82, 2.24) is 19.3 Å². The molecule has 0 N–H and O–H groups in total. The predicted molar refractivity (Wildman–Crippen MR) is 127 cm³/mol. The van der Waals surface area contributed by atoms with Crippen LogP contribution >= 0.6 is 0 Å². The molecule has 0 bridgehead atoms. The van der Waals surface area contributed by atoms with Crippen LogP contribution in [0.1, 0.15) is 31.5 Å². The minimum atomic E-state index is -0.344. The molecular weight excluding hydrogens is 431 g/mol. The smallest absolute Gasteiger partial charge is 0.298 e. The Morgan fingerprint density at radius 2 is 2.03 bits per heavy atom. The summed E-state index contributed by atoms with van der Waals surface area (Å²) >= 11 is 0. The van der Waals surface area contributed by atoms with Crippen LogP contribution in [0.2, 0.25) is 0 Å². The van der Waals surface area contributed by atoms with Gasteiger partial charge in [0.15, 0.2) is 0 Å². The number of benzene rings is 2. The van der Waals surface area contributed by atoms with Crippen LogP contribution in [0.4, 0.5) is 4.39 Å². The topological polar surface area (TPSA) is 59.7 Å². The van der Waals surface area contributed by atoms with E-state index in [1.165, 1.54) is 12.1 Å². The summed E-state index contributed by atoms with van der Waals surface area (Å²) in [5, 5.41) is 0. The van der Waals surface area contributed by atoms with Gasteiger partial charge < -0.3 is 9.64 Å². The molecule has 1 amide bonds. The molecule has 0 spiro atoms. The summed E-state index contributed by atoms with van der Waals surface area (Å²) < 4.78 is 21.3. The van der Waals surface area contributed by atoms with Gasteiger partial charge in [-0.15, -0.1) is 0 Å². The Morgan fingerprint density at radius 1 is 1.18 bits per heavy atom. The molecule has 3 heterocycles. The van der Waals surface area contributed by atoms with E-state index in [2.05, 4.69) is 21.2 Å². The average molecular weight is 455 g/mol. The lowest BCUT2D eigenvalue weighted by Gasteiger charge is -2.30. The standard InChI is InChI=1S/C27H23FN4O2/c1-2-5-25(33)31-14-4-6-20(18-31)27-30-26(24-17-29-13-15-32(24)27)19-9-11-22(12-10-19)34-23-8-3-7-21(28)16-23/h3,7-13,15-17,20H,4,6,14,18H2,1H3/t20-/m1/s1. The zero-order valence-corrected chi connectivity index (χ0v) is 18.7. The van der Waals surface area contributed by atoms with Crippen LogP contribution < -0.4 is 4.74 Å². The van der Waals surface area contributed by atoms with Crippen molar-refractivity contribution in [3.05, 3.63) is 78.8 Å². The third-order valence-corrected chi connectivity index (χ3v) is 5.94. The number of likely N-dealkylation sites (tertiary alicyclic amines) is 1. The molecule has 0 unspecified atom stereocenters. The van der Waals surface area contributed by atoms with Crippen LogP contribution in [-0.4, -0.2) is 38.3 Å². The monoisotopic (exact) mass is 454 g/mol. The number of nitrogens with zero attached hydrogens (tertiary/aromatic N) is 4. The van der Waals surface area contributed by atoms with Gasteiger partial charge in [0.2, 0.25) is 0 Å². The van der Waals surface area contributed by atoms with E-state index in [0.717, 1.165) is 35.4 Å². The van der Waals surface area contributed by atoms with Gasteiger partial charge in [-0.05, 0) is 62.1 Å². The quantitative estimate of drug-likeness (QED) is 0.405. The van der Waals surface area contributed by atoms with E-state index in [-0.39, 0.29) is 17.6 Å². The fourth-order valence-electron chi connectivity index (χ4n) is 4.37. The normalized spacial score (nSPS) is 15.6. The fourth-order valence-corrected chi connectivity index (χ4v) is 4.37. The fraction of sp³-hybridized carbons (Fsp3) is 0.222. The largest absolute Gasteiger partial charge is 0.457 e. The number of amides is 1. The lowest BCUT2D eigenvalue weighted by atomic mass is 9.97. The molecule has 0 saturated carbocycles. The minimum absolute atomic E-state index is 0.107. The average Bonchev–Trinajstić information content (AvgIpc) is 3.25. The number of piperidine rings is 1. The van der Waals surface area contributed by atoms with Crippen LogP contribution in [0.15, 0.2) is 67.1 Å². The first kappa shape index (κ1) is 21.7. The van der Waals surface area contributed by atoms with E-state index in [4.69, 9.17) is 9.72 Å². The van der Waals surface area contributed by atoms with Crippen molar-refractivity contribution >= 4 is 11.4 Å². The maximum absolute atomic E-state index is 13.4. The molecule has 5 rings (SSSR count). The third-order valence-electron chi connectivity index (χ3n) is 5.94. The summed E-state index contributed by atoms with van der Waals surface area (Å²) in [6.45, 7) is 2.98. The van der Waals surface area contributed by atoms with Gasteiger partial charge in [-0.3, -0.25) is 14.2 Å². The molecule has 2 aromatic heterocycles. The highest BCUT2D eigenvalue weighted by Crippen LogP contribution is 2.33. The van der Waals surface area contributed by atoms with E-state index in [9.17, 15) is 9.18 Å². The first-order valence-corrected chi connectivity index (χ1v) is 11.2. The first-order chi connectivity index (χ1) is 16.6. The molecule has 34 heavy (non-hydrogen) atoms. The van der Waals surface area contributed by atoms with Crippen molar-refractivity contribution in [2.24, 2.45) is 0 Å². The number of hydrogen-bond acceptors (Lipinski definition) is 4. The number of halogens is 1. The second-order valence-electron chi connectivity index (χ2n) is 8.20. The summed E-state index contributed by atoms with van der Waals surface area (Å²) in [5.41, 5.74) is 2.63. The Labute approximate surface area is 197 Å². The lowest BCUT2D eigenvalue weighted by molar-refractivity contribution is -0.126. The highest BCUT2D eigenvalue weighted by atomic mass is 19.1. The molecule has 0 aliphatic carbocycles. The maximum Gasteiger partial charge on any atom is 0.298 e. The predicted octanol–water partition coefficient (Wildman–Crippen LogP) is 5.06. The zero-order valence-electron chi connectivity index (χ0n) is 18.7. The van der Waals surface area contributed by atoms with Crippen LogP contribution in [0.25, 0.3) is 16.8 Å². The molecule has 1 aliphatic heterocycles. The van der Waals surface area contributed by atoms with E-state index in [1.54, 1.807) is 31.5 Å². The molecular formula is C27H23FN4O2. The molecule has 6 nitrogen and oxygen atoms in total. The Balaban J connectivity index is 1.44. The highest BCUT2D eigenvalue weighted by molar-refractivity contribution is 5.93. The van der Waals surface area contributed by atoms with Gasteiger partial charge in [0.25, 0.3) is 5.91 Å². The molecule has 1 fully saturated rings. The first-order valence-electron chi connectivity index (χ1n) is 11.2. The zero-order chi connectivity index (χ0) is 23.5. The molecule has 1 saturated heterocycles. The summed E-state index contributed by atoms with van der Waals surface area (Å²) in [6.07, 6.45) is 7.31. The summed E-state index contributed by atoms with van der Waals surface area (Å²) in [6, 6.07) is 13.6. The van der Waals surface area contributed by atoms with Crippen molar-refractivity contribution in [2.75, 3.05) is 13.1 Å². The SMILES string of the molecule is CC#CC(=O)N1CCC[C@@H](c2nc(-c3ccc(Oc4cccc(F)c4)cc3)c3cnccn23)C1. The van der Waals surface area contributed by atoms with Crippen molar-refractivity contribution in [3.8, 4) is 34.6 Å². The van der Waals surface area contributed by atoms with Gasteiger partial charge in [0.1, 0.15) is 23.1 Å². The van der Waals surface area contributed by atoms with Crippen molar-refractivity contribution in [3.63, 3.8) is 0 Å². The second kappa shape index (κ2) is 9.36. The molecule has 4 aromatic rings. The van der Waals surface area contributed by atoms with Gasteiger partial charge in [-0.25, -0.2) is 9.37 Å². The number of imidazole rings is 1. The van der Waals surface area contributed by atoms with Gasteiger partial charge in [0, 0.05) is 43.0 Å². The Hall–Kier alpha value is -4.18. The summed E-state index contributed by atoms with van der Waals surface area (Å²) in [7, 11) is 0. The van der Waals surface area contributed by atoms with Gasteiger partial charge >= 0.3 is 0 Å². The number of ether oxygens (including phenoxy) is 1. The van der Waals surface area contributed by atoms with E-state index in [1.807, 2.05) is 35.4 Å². The third kappa shape index (κ3) is 4.35. The number of carbonyl (C=O) groups excluding carboxylic acids is 1. The molecule has 170 valence electrons. The molecule has 1 aliphatic rings. The van der Waals surface area contributed by atoms with Crippen molar-refractivity contribution in [2.45, 2.75) is 25.7 Å². The molecule has 7 heteroatoms. The maximum atomic E-state index is 13.4. The Morgan fingerprint density at radius 3 is 2.82 bits per heavy atom. The Bertz CT molecular complexity index is 1400. The number of fused-ring (bicyclic) bond motifs is 1. The molecule has 0 radical (unpaired) electrons. The highest BCUT2D eigenvalue weighted by Gasteiger charge is 2.28. The van der Waals surface area contributed by atoms with Crippen LogP contribution in [0.5, 0.6) is 11.5 Å². The number of carbonyl (C=O) groups is 1. The van der Waals surface area contributed by atoms with Gasteiger partial charge in [0.05, 0.1) is 17.4 Å². The van der Waals surface area contributed by atoms with Gasteiger partial charge in [-0.1, -0.05) is 12.0 Å². The van der Waals surface area contributed by atoms with Crippen molar-refractivity contribution in [1.29, 1.82) is 0 Å². The number of hydrogen-bond donors (Lipinski definition) is 0. The van der Waals surface area contributed by atoms with Gasteiger partial charge in [-0.2, -0.15) is 0 Å². The Kier molecular flexibility index (Phi) is 5.96. The summed E-state index contributed by atoms with van der Waals surface area (Å²) in [4.78, 5) is 23.4. The second-order valence-corrected chi connectivity index (χ2v) is 8.20. The van der Waals surface area contributed by atoms with E-state index in [0.29, 0.717) is 24.6 Å². The van der Waals surface area contributed by atoms with Crippen LogP contribution in [0, 0.1) is 17.7 Å². The number of rotatable bonds is 4. The van der Waals surface area contributed by atoms with E-state index < -0.39 is 0 Å². The molecule has 1 atom stereocenters. The summed E-state index contributed by atoms with van der Waals surface area (Å²) in [5.74, 6) is 6.93. The number of aromatic nitrogens is 3. The van der Waals surface area contributed by atoms with Crippen LogP contribution in [0.3, 0.4) is 0 Å². The van der Waals surface area contributed by atoms with Crippen molar-refractivity contribution < 1.29 is 13.9 Å². The van der Waals surface area contributed by atoms with Crippen LogP contribution in [-0.2, 0) is 4.79 Å². The molecule has 2 aromatic carbocycles. The lowest BCUT2D eigenvalue weighted by Crippen LogP contribution is -2.38.